The fraction of sp³-hybridized carbons (Fsp3) is 0. The third kappa shape index (κ3) is 3.34. The Morgan fingerprint density at radius 3 is 2.03 bits per heavy atom. The van der Waals surface area contributed by atoms with E-state index in [1.165, 1.54) is 0 Å². The molecule has 36 heavy (non-hydrogen) atoms. The molecule has 0 radical (unpaired) electrons. The molecule has 0 fully saturated rings. The molecule has 7 rings (SSSR count). The van der Waals surface area contributed by atoms with Crippen molar-refractivity contribution >= 4 is 48.6 Å². The molecular weight excluding hydrogens is 506 g/mol. The third-order valence-corrected chi connectivity index (χ3v) is 7.18. The first-order chi connectivity index (χ1) is 17.8. The van der Waals surface area contributed by atoms with Gasteiger partial charge in [0.15, 0.2) is 0 Å². The summed E-state index contributed by atoms with van der Waals surface area (Å²) < 4.78 is 3.30. The molecule has 0 atom stereocenters. The standard InChI is InChI=1S/C32H20BrN3/c33-23-17-15-21(16-18-23)30-29-26(25-13-7-8-14-27(25)34-30)19-20-28-31(29)35-32(22-9-3-1-4-10-22)36(28)24-11-5-2-6-12-24/h1-20H. The molecule has 0 unspecified atom stereocenters. The van der Waals surface area contributed by atoms with Crippen molar-refractivity contribution in [2.24, 2.45) is 0 Å². The van der Waals surface area contributed by atoms with Gasteiger partial charge in [0.1, 0.15) is 5.82 Å². The topological polar surface area (TPSA) is 30.7 Å². The average molecular weight is 526 g/mol. The van der Waals surface area contributed by atoms with E-state index in [0.717, 1.165) is 65.5 Å². The zero-order valence-electron chi connectivity index (χ0n) is 19.3. The lowest BCUT2D eigenvalue weighted by Gasteiger charge is -2.12. The number of nitrogens with zero attached hydrogens (tertiary/aromatic N) is 3. The van der Waals surface area contributed by atoms with Gasteiger partial charge in [-0.2, -0.15) is 0 Å². The van der Waals surface area contributed by atoms with Crippen LogP contribution in [0.5, 0.6) is 0 Å². The molecule has 0 aliphatic carbocycles. The molecule has 0 aliphatic heterocycles. The number of hydrogen-bond acceptors (Lipinski definition) is 2. The fourth-order valence-corrected chi connectivity index (χ4v) is 5.28. The van der Waals surface area contributed by atoms with Gasteiger partial charge >= 0.3 is 0 Å². The van der Waals surface area contributed by atoms with Crippen molar-refractivity contribution in [3.63, 3.8) is 0 Å². The van der Waals surface area contributed by atoms with Crippen molar-refractivity contribution in [2.45, 2.75) is 0 Å². The summed E-state index contributed by atoms with van der Waals surface area (Å²) in [6, 6.07) is 42.0. The zero-order chi connectivity index (χ0) is 24.1. The van der Waals surface area contributed by atoms with Crippen molar-refractivity contribution < 1.29 is 0 Å². The summed E-state index contributed by atoms with van der Waals surface area (Å²) >= 11 is 3.58. The largest absolute Gasteiger partial charge is 0.292 e. The van der Waals surface area contributed by atoms with E-state index in [9.17, 15) is 0 Å². The normalized spacial score (nSPS) is 11.5. The van der Waals surface area contributed by atoms with E-state index < -0.39 is 0 Å². The number of imidazole rings is 1. The molecule has 7 aromatic rings. The van der Waals surface area contributed by atoms with E-state index in [0.29, 0.717) is 0 Å². The third-order valence-electron chi connectivity index (χ3n) is 6.65. The van der Waals surface area contributed by atoms with E-state index in [4.69, 9.17) is 9.97 Å². The molecule has 4 heteroatoms. The van der Waals surface area contributed by atoms with Crippen molar-refractivity contribution in [3.05, 3.63) is 126 Å². The highest BCUT2D eigenvalue weighted by atomic mass is 79.9. The Bertz CT molecular complexity index is 1870. The average Bonchev–Trinajstić information content (AvgIpc) is 3.34. The number of para-hydroxylation sites is 2. The number of benzene rings is 5. The molecule has 170 valence electrons. The second-order valence-corrected chi connectivity index (χ2v) is 9.73. The Morgan fingerprint density at radius 1 is 0.556 bits per heavy atom. The van der Waals surface area contributed by atoms with Gasteiger partial charge in [0.25, 0.3) is 0 Å². The first-order valence-electron chi connectivity index (χ1n) is 11.9. The number of fused-ring (bicyclic) bond motifs is 5. The zero-order valence-corrected chi connectivity index (χ0v) is 20.9. The first kappa shape index (κ1) is 21.0. The quantitative estimate of drug-likeness (QED) is 0.216. The van der Waals surface area contributed by atoms with Crippen molar-refractivity contribution in [2.75, 3.05) is 0 Å². The molecule has 0 spiro atoms. The van der Waals surface area contributed by atoms with E-state index in [1.807, 2.05) is 18.2 Å². The maximum atomic E-state index is 5.31. The molecule has 2 heterocycles. The Morgan fingerprint density at radius 2 is 1.25 bits per heavy atom. The fourth-order valence-electron chi connectivity index (χ4n) is 5.02. The minimum atomic E-state index is 0.916. The highest BCUT2D eigenvalue weighted by Gasteiger charge is 2.20. The lowest BCUT2D eigenvalue weighted by Crippen LogP contribution is -1.97. The van der Waals surface area contributed by atoms with Crippen LogP contribution in [-0.2, 0) is 0 Å². The lowest BCUT2D eigenvalue weighted by atomic mass is 9.99. The SMILES string of the molecule is Brc1ccc(-c2nc3ccccc3c3ccc4c(nc(-c5ccccc5)n4-c4ccccc4)c23)cc1. The van der Waals surface area contributed by atoms with Crippen molar-refractivity contribution in [1.29, 1.82) is 0 Å². The lowest BCUT2D eigenvalue weighted by molar-refractivity contribution is 1.10. The van der Waals surface area contributed by atoms with E-state index >= 15 is 0 Å². The summed E-state index contributed by atoms with van der Waals surface area (Å²) in [4.78, 5) is 10.5. The van der Waals surface area contributed by atoms with Gasteiger partial charge in [0.05, 0.1) is 22.2 Å². The maximum absolute atomic E-state index is 5.31. The second kappa shape index (κ2) is 8.43. The number of halogens is 1. The molecule has 3 nitrogen and oxygen atoms in total. The van der Waals surface area contributed by atoms with Gasteiger partial charge < -0.3 is 0 Å². The minimum absolute atomic E-state index is 0.916. The molecule has 0 saturated carbocycles. The van der Waals surface area contributed by atoms with Crippen LogP contribution in [-0.4, -0.2) is 14.5 Å². The van der Waals surface area contributed by atoms with Crippen molar-refractivity contribution in [3.8, 4) is 28.3 Å². The van der Waals surface area contributed by atoms with Crippen LogP contribution >= 0.6 is 15.9 Å². The van der Waals surface area contributed by atoms with E-state index in [1.54, 1.807) is 0 Å². The summed E-state index contributed by atoms with van der Waals surface area (Å²) in [5, 5.41) is 3.36. The summed E-state index contributed by atoms with van der Waals surface area (Å²) in [5.41, 5.74) is 7.15. The number of pyridine rings is 1. The Balaban J connectivity index is 1.67. The van der Waals surface area contributed by atoms with Gasteiger partial charge in [-0.15, -0.1) is 0 Å². The Kier molecular flexibility index (Phi) is 4.93. The van der Waals surface area contributed by atoms with Crippen LogP contribution in [0.4, 0.5) is 0 Å². The predicted octanol–water partition coefficient (Wildman–Crippen LogP) is 8.82. The minimum Gasteiger partial charge on any atom is -0.292 e. The number of aromatic nitrogens is 3. The van der Waals surface area contributed by atoms with Gasteiger partial charge in [0, 0.05) is 32.1 Å². The van der Waals surface area contributed by atoms with Gasteiger partial charge in [-0.05, 0) is 41.8 Å². The van der Waals surface area contributed by atoms with Crippen LogP contribution in [0.3, 0.4) is 0 Å². The second-order valence-electron chi connectivity index (χ2n) is 8.81. The summed E-state index contributed by atoms with van der Waals surface area (Å²) in [5.74, 6) is 0.916. The van der Waals surface area contributed by atoms with Crippen LogP contribution in [0, 0.1) is 0 Å². The van der Waals surface area contributed by atoms with Crippen LogP contribution in [0.15, 0.2) is 126 Å². The number of rotatable bonds is 3. The summed E-state index contributed by atoms with van der Waals surface area (Å²) in [7, 11) is 0. The van der Waals surface area contributed by atoms with E-state index in [-0.39, 0.29) is 0 Å². The molecule has 0 N–H and O–H groups in total. The van der Waals surface area contributed by atoms with Gasteiger partial charge in [-0.3, -0.25) is 4.57 Å². The highest BCUT2D eigenvalue weighted by molar-refractivity contribution is 9.10. The molecule has 2 aromatic heterocycles. The van der Waals surface area contributed by atoms with Crippen molar-refractivity contribution in [1.82, 2.24) is 14.5 Å². The Labute approximate surface area is 216 Å². The van der Waals surface area contributed by atoms with Gasteiger partial charge in [-0.1, -0.05) is 101 Å². The molecule has 0 saturated heterocycles. The maximum Gasteiger partial charge on any atom is 0.145 e. The molecular formula is C32H20BrN3. The molecule has 0 bridgehead atoms. The van der Waals surface area contributed by atoms with Crippen LogP contribution in [0.2, 0.25) is 0 Å². The molecule has 0 amide bonds. The molecule has 0 aliphatic rings. The Hall–Kier alpha value is -4.28. The monoisotopic (exact) mass is 525 g/mol. The summed E-state index contributed by atoms with van der Waals surface area (Å²) in [6.07, 6.45) is 0. The highest BCUT2D eigenvalue weighted by Crippen LogP contribution is 2.39. The van der Waals surface area contributed by atoms with Gasteiger partial charge in [-0.25, -0.2) is 9.97 Å². The number of hydrogen-bond donors (Lipinski definition) is 0. The molecule has 5 aromatic carbocycles. The van der Waals surface area contributed by atoms with Crippen LogP contribution < -0.4 is 0 Å². The smallest absolute Gasteiger partial charge is 0.145 e. The summed E-state index contributed by atoms with van der Waals surface area (Å²) in [6.45, 7) is 0. The van der Waals surface area contributed by atoms with E-state index in [2.05, 4.69) is 124 Å². The van der Waals surface area contributed by atoms with Crippen LogP contribution in [0.1, 0.15) is 0 Å². The first-order valence-corrected chi connectivity index (χ1v) is 12.7. The van der Waals surface area contributed by atoms with Gasteiger partial charge in [0.2, 0.25) is 0 Å². The van der Waals surface area contributed by atoms with Crippen LogP contribution in [0.25, 0.3) is 61.0 Å². The predicted molar refractivity (Wildman–Crippen MR) is 152 cm³/mol.